The van der Waals surface area contributed by atoms with Gasteiger partial charge in [0.15, 0.2) is 0 Å². The van der Waals surface area contributed by atoms with Crippen LogP contribution in [0.2, 0.25) is 5.02 Å². The number of carbonyl (C=O) groups is 2. The van der Waals surface area contributed by atoms with Gasteiger partial charge >= 0.3 is 0 Å². The Morgan fingerprint density at radius 1 is 0.943 bits per heavy atom. The van der Waals surface area contributed by atoms with E-state index in [9.17, 15) is 9.59 Å². The highest BCUT2D eigenvalue weighted by Gasteiger charge is 2.12. The lowest BCUT2D eigenvalue weighted by Gasteiger charge is -2.09. The van der Waals surface area contributed by atoms with E-state index in [1.54, 1.807) is 6.07 Å². The van der Waals surface area contributed by atoms with Crippen LogP contribution < -0.4 is 10.6 Å². The van der Waals surface area contributed by atoms with Crippen molar-refractivity contribution in [3.05, 3.63) is 94.1 Å². The fourth-order valence-electron chi connectivity index (χ4n) is 3.80. The van der Waals surface area contributed by atoms with Crippen LogP contribution >= 0.6 is 23.4 Å². The maximum absolute atomic E-state index is 12.6. The normalized spacial score (nSPS) is 11.0. The number of benzene rings is 3. The molecule has 3 aromatic carbocycles. The molecule has 7 heteroatoms. The van der Waals surface area contributed by atoms with Gasteiger partial charge in [0.25, 0.3) is 5.91 Å². The van der Waals surface area contributed by atoms with Crippen LogP contribution in [-0.4, -0.2) is 28.7 Å². The predicted octanol–water partition coefficient (Wildman–Crippen LogP) is 6.38. The summed E-state index contributed by atoms with van der Waals surface area (Å²) in [5, 5.41) is 7.63. The minimum Gasteiger partial charge on any atom is -0.350 e. The van der Waals surface area contributed by atoms with Gasteiger partial charge in [-0.1, -0.05) is 41.9 Å². The predicted molar refractivity (Wildman–Crippen MR) is 146 cm³/mol. The Hall–Kier alpha value is -3.22. The van der Waals surface area contributed by atoms with Crippen molar-refractivity contribution in [3.8, 4) is 0 Å². The molecule has 2 N–H and O–H groups in total. The molecule has 35 heavy (non-hydrogen) atoms. The molecule has 0 saturated heterocycles. The van der Waals surface area contributed by atoms with Gasteiger partial charge in [-0.2, -0.15) is 0 Å². The number of fused-ring (bicyclic) bond motifs is 1. The summed E-state index contributed by atoms with van der Waals surface area (Å²) in [5.74, 6) is 0.114. The second-order valence-electron chi connectivity index (χ2n) is 8.56. The van der Waals surface area contributed by atoms with Crippen LogP contribution in [0.25, 0.3) is 10.9 Å². The fraction of sp³-hybridized carbons (Fsp3) is 0.214. The maximum Gasteiger partial charge on any atom is 0.251 e. The molecular weight excluding hydrogens is 478 g/mol. The molecule has 0 radical (unpaired) electrons. The smallest absolute Gasteiger partial charge is 0.251 e. The van der Waals surface area contributed by atoms with E-state index < -0.39 is 0 Å². The first kappa shape index (κ1) is 24.9. The van der Waals surface area contributed by atoms with E-state index in [0.29, 0.717) is 29.4 Å². The van der Waals surface area contributed by atoms with Crippen LogP contribution in [0.5, 0.6) is 0 Å². The number of aromatic nitrogens is 1. The summed E-state index contributed by atoms with van der Waals surface area (Å²) in [6.45, 7) is 7.10. The highest BCUT2D eigenvalue weighted by Crippen LogP contribution is 2.30. The van der Waals surface area contributed by atoms with Crippen LogP contribution in [0.4, 0.5) is 5.69 Å². The minimum atomic E-state index is -0.0904. The molecule has 0 unspecified atom stereocenters. The largest absolute Gasteiger partial charge is 0.350 e. The Bertz CT molecular complexity index is 1400. The average Bonchev–Trinajstić information content (AvgIpc) is 3.19. The van der Waals surface area contributed by atoms with Crippen LogP contribution in [0, 0.1) is 20.8 Å². The van der Waals surface area contributed by atoms with E-state index in [0.717, 1.165) is 26.9 Å². The molecule has 5 nitrogen and oxygen atoms in total. The Labute approximate surface area is 214 Å². The Morgan fingerprint density at radius 3 is 2.49 bits per heavy atom. The van der Waals surface area contributed by atoms with Crippen molar-refractivity contribution in [1.29, 1.82) is 0 Å². The van der Waals surface area contributed by atoms with Crippen molar-refractivity contribution in [2.24, 2.45) is 0 Å². The number of hydrogen-bond donors (Lipinski definition) is 2. The number of amides is 2. The zero-order valence-corrected chi connectivity index (χ0v) is 21.6. The summed E-state index contributed by atoms with van der Waals surface area (Å²) in [6, 6.07) is 19.3. The number of aryl methyl sites for hydroxylation is 3. The van der Waals surface area contributed by atoms with Crippen molar-refractivity contribution in [2.45, 2.75) is 32.2 Å². The SMILES string of the molecule is Cc1ccc(C(=O)NCCn2cc(SCC(=O)Nc3ccc(C)c(Cl)c3)c3ccccc32)cc1C. The van der Waals surface area contributed by atoms with Gasteiger partial charge < -0.3 is 15.2 Å². The number of nitrogens with one attached hydrogen (secondary N) is 2. The lowest BCUT2D eigenvalue weighted by Crippen LogP contribution is -2.27. The maximum atomic E-state index is 12.6. The molecule has 1 heterocycles. The standard InChI is InChI=1S/C28H28ClN3O2S/c1-18-8-10-21(14-20(18)3)28(34)30-12-13-32-16-26(23-6-4-5-7-25(23)32)35-17-27(33)31-22-11-9-19(2)24(29)15-22/h4-11,14-16H,12-13,17H2,1-3H3,(H,30,34)(H,31,33). The first-order valence-corrected chi connectivity index (χ1v) is 12.8. The van der Waals surface area contributed by atoms with Gasteiger partial charge in [-0.15, -0.1) is 11.8 Å². The van der Waals surface area contributed by atoms with E-state index in [4.69, 9.17) is 11.6 Å². The van der Waals surface area contributed by atoms with E-state index in [1.165, 1.54) is 17.3 Å². The van der Waals surface area contributed by atoms with Crippen molar-refractivity contribution >= 4 is 51.8 Å². The van der Waals surface area contributed by atoms with Gasteiger partial charge in [-0.25, -0.2) is 0 Å². The van der Waals surface area contributed by atoms with Gasteiger partial charge in [-0.05, 0) is 67.8 Å². The topological polar surface area (TPSA) is 63.1 Å². The summed E-state index contributed by atoms with van der Waals surface area (Å²) in [5.41, 5.74) is 5.67. The quantitative estimate of drug-likeness (QED) is 0.273. The average molecular weight is 506 g/mol. The third kappa shape index (κ3) is 6.08. The van der Waals surface area contributed by atoms with Crippen molar-refractivity contribution in [2.75, 3.05) is 17.6 Å². The molecule has 0 atom stereocenters. The number of hydrogen-bond acceptors (Lipinski definition) is 3. The molecule has 0 spiro atoms. The fourth-order valence-corrected chi connectivity index (χ4v) is 4.87. The van der Waals surface area contributed by atoms with Gasteiger partial charge in [0.2, 0.25) is 5.91 Å². The molecule has 180 valence electrons. The number of nitrogens with zero attached hydrogens (tertiary/aromatic N) is 1. The zero-order chi connectivity index (χ0) is 24.9. The van der Waals surface area contributed by atoms with E-state index in [2.05, 4.69) is 27.3 Å². The zero-order valence-electron chi connectivity index (χ0n) is 20.0. The monoisotopic (exact) mass is 505 g/mol. The third-order valence-electron chi connectivity index (χ3n) is 5.97. The van der Waals surface area contributed by atoms with Crippen LogP contribution in [0.15, 0.2) is 71.8 Å². The lowest BCUT2D eigenvalue weighted by molar-refractivity contribution is -0.113. The summed E-state index contributed by atoms with van der Waals surface area (Å²) in [7, 11) is 0. The number of anilines is 1. The highest BCUT2D eigenvalue weighted by molar-refractivity contribution is 8.00. The molecule has 0 bridgehead atoms. The van der Waals surface area contributed by atoms with E-state index in [1.807, 2.05) is 69.4 Å². The van der Waals surface area contributed by atoms with Gasteiger partial charge in [0.1, 0.15) is 0 Å². The molecule has 0 aliphatic carbocycles. The summed E-state index contributed by atoms with van der Waals surface area (Å²) in [6.07, 6.45) is 2.05. The molecule has 0 aliphatic rings. The van der Waals surface area contributed by atoms with Crippen molar-refractivity contribution in [3.63, 3.8) is 0 Å². The molecule has 4 rings (SSSR count). The lowest BCUT2D eigenvalue weighted by atomic mass is 10.1. The number of thioether (sulfide) groups is 1. The molecule has 0 fully saturated rings. The second kappa shape index (κ2) is 11.0. The summed E-state index contributed by atoms with van der Waals surface area (Å²) in [4.78, 5) is 26.1. The molecule has 1 aromatic heterocycles. The van der Waals surface area contributed by atoms with Crippen LogP contribution in [-0.2, 0) is 11.3 Å². The minimum absolute atomic E-state index is 0.0768. The number of carbonyl (C=O) groups excluding carboxylic acids is 2. The van der Waals surface area contributed by atoms with Crippen LogP contribution in [0.1, 0.15) is 27.0 Å². The second-order valence-corrected chi connectivity index (χ2v) is 9.98. The molecular formula is C28H28ClN3O2S. The summed E-state index contributed by atoms with van der Waals surface area (Å²) >= 11 is 7.65. The van der Waals surface area contributed by atoms with Gasteiger partial charge in [0.05, 0.1) is 5.75 Å². The highest BCUT2D eigenvalue weighted by atomic mass is 35.5. The van der Waals surface area contributed by atoms with Gasteiger partial charge in [-0.3, -0.25) is 9.59 Å². The Kier molecular flexibility index (Phi) is 7.83. The molecule has 0 saturated carbocycles. The number of rotatable bonds is 8. The van der Waals surface area contributed by atoms with Crippen LogP contribution in [0.3, 0.4) is 0 Å². The van der Waals surface area contributed by atoms with Crippen molar-refractivity contribution < 1.29 is 9.59 Å². The molecule has 4 aromatic rings. The molecule has 2 amide bonds. The molecule has 0 aliphatic heterocycles. The first-order chi connectivity index (χ1) is 16.8. The Balaban J connectivity index is 1.38. The van der Waals surface area contributed by atoms with E-state index >= 15 is 0 Å². The number of para-hydroxylation sites is 1. The number of halogens is 1. The van der Waals surface area contributed by atoms with Crippen molar-refractivity contribution in [1.82, 2.24) is 9.88 Å². The Morgan fingerprint density at radius 2 is 1.71 bits per heavy atom. The third-order valence-corrected chi connectivity index (χ3v) is 7.42. The van der Waals surface area contributed by atoms with E-state index in [-0.39, 0.29) is 17.6 Å². The summed E-state index contributed by atoms with van der Waals surface area (Å²) < 4.78 is 2.12. The first-order valence-electron chi connectivity index (χ1n) is 11.4. The van der Waals surface area contributed by atoms with Gasteiger partial charge in [0, 0.05) is 51.4 Å².